The van der Waals surface area contributed by atoms with Crippen molar-refractivity contribution in [1.82, 2.24) is 0 Å². The molecule has 0 unspecified atom stereocenters. The van der Waals surface area contributed by atoms with Crippen LogP contribution < -0.4 is 10.2 Å². The highest BCUT2D eigenvalue weighted by atomic mass is 16.2. The molecule has 2 amide bonds. The van der Waals surface area contributed by atoms with Gasteiger partial charge < -0.3 is 5.32 Å². The van der Waals surface area contributed by atoms with Gasteiger partial charge in [0, 0.05) is 5.39 Å². The molecule has 1 N–H and O–H groups in total. The van der Waals surface area contributed by atoms with E-state index in [0.717, 1.165) is 21.9 Å². The van der Waals surface area contributed by atoms with Crippen molar-refractivity contribution in [3.8, 4) is 17.2 Å². The fourth-order valence-corrected chi connectivity index (χ4v) is 4.06. The lowest BCUT2D eigenvalue weighted by atomic mass is 9.95. The molecular weight excluding hydrogens is 386 g/mol. The van der Waals surface area contributed by atoms with Gasteiger partial charge >= 0.3 is 0 Å². The third-order valence-corrected chi connectivity index (χ3v) is 5.41. The molecule has 0 saturated carbocycles. The summed E-state index contributed by atoms with van der Waals surface area (Å²) < 4.78 is 0. The molecule has 0 aromatic heterocycles. The topological polar surface area (TPSA) is 73.2 Å². The van der Waals surface area contributed by atoms with Crippen LogP contribution in [0.15, 0.2) is 84.9 Å². The molecule has 4 aromatic carbocycles. The first kappa shape index (κ1) is 18.6. The number of hydrogen-bond donors (Lipinski definition) is 1. The maximum Gasteiger partial charge on any atom is 0.241 e. The number of benzene rings is 4. The van der Waals surface area contributed by atoms with Gasteiger partial charge in [-0.25, -0.2) is 0 Å². The van der Waals surface area contributed by atoms with Gasteiger partial charge in [0.05, 0.1) is 28.7 Å². The first-order chi connectivity index (χ1) is 15.2. The largest absolute Gasteiger partial charge is 0.323 e. The van der Waals surface area contributed by atoms with E-state index in [1.807, 2.05) is 60.7 Å². The molecule has 4 aromatic rings. The lowest BCUT2D eigenvalue weighted by molar-refractivity contribution is -0.124. The van der Waals surface area contributed by atoms with Gasteiger partial charge in [-0.15, -0.1) is 0 Å². The highest BCUT2D eigenvalue weighted by molar-refractivity contribution is 6.23. The van der Waals surface area contributed by atoms with E-state index in [1.165, 1.54) is 4.90 Å². The summed E-state index contributed by atoms with van der Waals surface area (Å²) in [6.07, 6.45) is -0.277. The van der Waals surface area contributed by atoms with Crippen LogP contribution in [-0.2, 0) is 9.59 Å². The van der Waals surface area contributed by atoms with E-state index in [1.54, 1.807) is 24.3 Å². The summed E-state index contributed by atoms with van der Waals surface area (Å²) in [5.41, 5.74) is 4.14. The van der Waals surface area contributed by atoms with Crippen molar-refractivity contribution in [2.24, 2.45) is 0 Å². The summed E-state index contributed by atoms with van der Waals surface area (Å²) in [7, 11) is 0. The van der Waals surface area contributed by atoms with Gasteiger partial charge in [0.25, 0.3) is 0 Å². The van der Waals surface area contributed by atoms with Crippen molar-refractivity contribution in [2.75, 3.05) is 10.2 Å². The van der Waals surface area contributed by atoms with E-state index in [4.69, 9.17) is 0 Å². The van der Waals surface area contributed by atoms with Crippen LogP contribution in [0, 0.1) is 11.3 Å². The SMILES string of the molecule is N#Cc1cccc(N2C(=O)CC(=O)Nc3c2cc(-c2ccccc2)c2ccccc32)c1. The highest BCUT2D eigenvalue weighted by Gasteiger charge is 2.30. The van der Waals surface area contributed by atoms with E-state index < -0.39 is 0 Å². The summed E-state index contributed by atoms with van der Waals surface area (Å²) in [4.78, 5) is 27.2. The number of amides is 2. The second-order valence-corrected chi connectivity index (χ2v) is 7.35. The monoisotopic (exact) mass is 403 g/mol. The predicted molar refractivity (Wildman–Crippen MR) is 121 cm³/mol. The summed E-state index contributed by atoms with van der Waals surface area (Å²) in [5.74, 6) is -0.705. The zero-order chi connectivity index (χ0) is 21.4. The van der Waals surface area contributed by atoms with Gasteiger partial charge in [0.2, 0.25) is 11.8 Å². The van der Waals surface area contributed by atoms with Gasteiger partial charge in [-0.05, 0) is 40.8 Å². The Morgan fingerprint density at radius 2 is 1.58 bits per heavy atom. The Kier molecular flexibility index (Phi) is 4.46. The molecule has 148 valence electrons. The Morgan fingerprint density at radius 3 is 2.35 bits per heavy atom. The van der Waals surface area contributed by atoms with E-state index in [0.29, 0.717) is 22.6 Å². The Hall–Kier alpha value is -4.43. The minimum Gasteiger partial charge on any atom is -0.323 e. The maximum absolute atomic E-state index is 13.2. The standard InChI is InChI=1S/C26H17N3O2/c27-16-17-7-6-10-19(13-17)29-23-14-22(18-8-2-1-3-9-18)20-11-4-5-12-21(20)26(23)28-24(30)15-25(29)31/h1-14H,15H2,(H,28,30). The molecule has 5 heteroatoms. The van der Waals surface area contributed by atoms with Crippen molar-refractivity contribution in [2.45, 2.75) is 6.42 Å². The third kappa shape index (κ3) is 3.21. The van der Waals surface area contributed by atoms with Crippen LogP contribution in [0.4, 0.5) is 17.1 Å². The molecule has 0 fully saturated rings. The highest BCUT2D eigenvalue weighted by Crippen LogP contribution is 2.44. The van der Waals surface area contributed by atoms with E-state index in [9.17, 15) is 14.9 Å². The van der Waals surface area contributed by atoms with Crippen molar-refractivity contribution >= 4 is 39.6 Å². The number of anilines is 3. The lowest BCUT2D eigenvalue weighted by Crippen LogP contribution is -2.26. The Labute approximate surface area is 179 Å². The van der Waals surface area contributed by atoms with Gasteiger partial charge in [-0.3, -0.25) is 14.5 Å². The first-order valence-corrected chi connectivity index (χ1v) is 9.90. The Bertz CT molecular complexity index is 1390. The zero-order valence-electron chi connectivity index (χ0n) is 16.5. The van der Waals surface area contributed by atoms with Gasteiger partial charge in [-0.2, -0.15) is 5.26 Å². The van der Waals surface area contributed by atoms with Gasteiger partial charge in [-0.1, -0.05) is 60.7 Å². The van der Waals surface area contributed by atoms with Crippen molar-refractivity contribution in [1.29, 1.82) is 5.26 Å². The molecular formula is C26H17N3O2. The Morgan fingerprint density at radius 1 is 0.839 bits per heavy atom. The molecule has 0 aliphatic carbocycles. The molecule has 1 heterocycles. The van der Waals surface area contributed by atoms with Crippen molar-refractivity contribution in [3.05, 3.63) is 90.5 Å². The van der Waals surface area contributed by atoms with Crippen LogP contribution in [0.25, 0.3) is 21.9 Å². The Balaban J connectivity index is 1.86. The molecule has 5 rings (SSSR count). The normalized spacial score (nSPS) is 13.3. The number of nitriles is 1. The van der Waals surface area contributed by atoms with Crippen LogP contribution in [0.3, 0.4) is 0 Å². The average Bonchev–Trinajstić information content (AvgIpc) is 2.93. The molecule has 0 spiro atoms. The van der Waals surface area contributed by atoms with E-state index in [-0.39, 0.29) is 18.2 Å². The molecule has 0 saturated heterocycles. The summed E-state index contributed by atoms with van der Waals surface area (Å²) in [6, 6.07) is 28.7. The van der Waals surface area contributed by atoms with E-state index >= 15 is 0 Å². The molecule has 31 heavy (non-hydrogen) atoms. The predicted octanol–water partition coefficient (Wildman–Crippen LogP) is 5.39. The second-order valence-electron chi connectivity index (χ2n) is 7.35. The quantitative estimate of drug-likeness (QED) is 0.456. The lowest BCUT2D eigenvalue weighted by Gasteiger charge is -2.25. The third-order valence-electron chi connectivity index (χ3n) is 5.41. The van der Waals surface area contributed by atoms with Crippen LogP contribution in [0.5, 0.6) is 0 Å². The smallest absolute Gasteiger partial charge is 0.241 e. The number of nitrogens with zero attached hydrogens (tertiary/aromatic N) is 2. The molecule has 5 nitrogen and oxygen atoms in total. The average molecular weight is 403 g/mol. The molecule has 1 aliphatic rings. The van der Waals surface area contributed by atoms with Crippen molar-refractivity contribution < 1.29 is 9.59 Å². The summed E-state index contributed by atoms with van der Waals surface area (Å²) in [6.45, 7) is 0. The fourth-order valence-electron chi connectivity index (χ4n) is 4.06. The molecule has 0 bridgehead atoms. The minimum atomic E-state index is -0.359. The molecule has 0 radical (unpaired) electrons. The summed E-state index contributed by atoms with van der Waals surface area (Å²) >= 11 is 0. The van der Waals surface area contributed by atoms with Crippen LogP contribution in [0.1, 0.15) is 12.0 Å². The fraction of sp³-hybridized carbons (Fsp3) is 0.0385. The number of nitrogens with one attached hydrogen (secondary N) is 1. The number of fused-ring (bicyclic) bond motifs is 3. The summed E-state index contributed by atoms with van der Waals surface area (Å²) in [5, 5.41) is 14.1. The zero-order valence-corrected chi connectivity index (χ0v) is 16.5. The van der Waals surface area contributed by atoms with Crippen molar-refractivity contribution in [3.63, 3.8) is 0 Å². The maximum atomic E-state index is 13.2. The molecule has 0 atom stereocenters. The first-order valence-electron chi connectivity index (χ1n) is 9.90. The number of rotatable bonds is 2. The minimum absolute atomic E-state index is 0.277. The molecule has 1 aliphatic heterocycles. The number of carbonyl (C=O) groups excluding carboxylic acids is 2. The van der Waals surface area contributed by atoms with Gasteiger partial charge in [0.15, 0.2) is 0 Å². The van der Waals surface area contributed by atoms with E-state index in [2.05, 4.69) is 11.4 Å². The van der Waals surface area contributed by atoms with Crippen LogP contribution >= 0.6 is 0 Å². The van der Waals surface area contributed by atoms with Gasteiger partial charge in [0.1, 0.15) is 6.42 Å². The second kappa shape index (κ2) is 7.43. The number of carbonyl (C=O) groups is 2. The number of hydrogen-bond acceptors (Lipinski definition) is 3. The van der Waals surface area contributed by atoms with Crippen LogP contribution in [0.2, 0.25) is 0 Å². The van der Waals surface area contributed by atoms with Crippen LogP contribution in [-0.4, -0.2) is 11.8 Å².